The summed E-state index contributed by atoms with van der Waals surface area (Å²) in [5.74, 6) is 1.06. The summed E-state index contributed by atoms with van der Waals surface area (Å²) in [5.41, 5.74) is 1.82. The van der Waals surface area contributed by atoms with E-state index in [9.17, 15) is 9.59 Å². The molecule has 158 valence electrons. The molecule has 0 radical (unpaired) electrons. The number of imide groups is 1. The monoisotopic (exact) mass is 426 g/mol. The van der Waals surface area contributed by atoms with E-state index in [2.05, 4.69) is 18.7 Å². The van der Waals surface area contributed by atoms with Crippen LogP contribution in [0.1, 0.15) is 19.4 Å². The van der Waals surface area contributed by atoms with E-state index in [1.54, 1.807) is 13.2 Å². The Morgan fingerprint density at radius 2 is 1.80 bits per heavy atom. The smallest absolute Gasteiger partial charge is 0.293 e. The fraction of sp³-hybridized carbons (Fsp3) is 0.304. The zero-order valence-electron chi connectivity index (χ0n) is 17.5. The summed E-state index contributed by atoms with van der Waals surface area (Å²) in [6, 6.07) is 15.2. The van der Waals surface area contributed by atoms with Crippen LogP contribution >= 0.6 is 11.8 Å². The largest absolute Gasteiger partial charge is 0.496 e. The van der Waals surface area contributed by atoms with Crippen LogP contribution in [0.25, 0.3) is 6.08 Å². The Hall–Kier alpha value is -2.93. The standard InChI is InChI=1S/C23H26N2O4S/c1-4-24(5-2)18-12-11-17(20(16-18)28-3)15-21-22(26)25(23(27)30-21)13-14-29-19-9-7-6-8-10-19/h6-12,15-16H,4-5,13-14H2,1-3H3/b21-15-. The Morgan fingerprint density at radius 3 is 2.47 bits per heavy atom. The van der Waals surface area contributed by atoms with E-state index < -0.39 is 0 Å². The minimum atomic E-state index is -0.309. The quantitative estimate of drug-likeness (QED) is 0.544. The van der Waals surface area contributed by atoms with Crippen molar-refractivity contribution in [3.8, 4) is 11.5 Å². The van der Waals surface area contributed by atoms with Crippen LogP contribution in [0.5, 0.6) is 11.5 Å². The summed E-state index contributed by atoms with van der Waals surface area (Å²) >= 11 is 0.939. The highest BCUT2D eigenvalue weighted by Crippen LogP contribution is 2.35. The molecule has 2 aromatic rings. The van der Waals surface area contributed by atoms with Crippen molar-refractivity contribution < 1.29 is 19.1 Å². The highest BCUT2D eigenvalue weighted by atomic mass is 32.2. The van der Waals surface area contributed by atoms with Gasteiger partial charge in [0.05, 0.1) is 18.6 Å². The number of para-hydroxylation sites is 1. The summed E-state index contributed by atoms with van der Waals surface area (Å²) < 4.78 is 11.1. The van der Waals surface area contributed by atoms with E-state index in [4.69, 9.17) is 9.47 Å². The first-order valence-corrected chi connectivity index (χ1v) is 10.7. The number of ether oxygens (including phenoxy) is 2. The minimum absolute atomic E-state index is 0.203. The SMILES string of the molecule is CCN(CC)c1ccc(/C=C2\SC(=O)N(CCOc3ccccc3)C2=O)c(OC)c1. The van der Waals surface area contributed by atoms with Crippen LogP contribution in [-0.4, -0.2) is 49.4 Å². The Morgan fingerprint density at radius 1 is 1.07 bits per heavy atom. The molecule has 0 unspecified atom stereocenters. The van der Waals surface area contributed by atoms with Crippen molar-refractivity contribution in [2.45, 2.75) is 13.8 Å². The predicted molar refractivity (Wildman–Crippen MR) is 121 cm³/mol. The van der Waals surface area contributed by atoms with Gasteiger partial charge in [-0.1, -0.05) is 18.2 Å². The summed E-state index contributed by atoms with van der Waals surface area (Å²) in [4.78, 5) is 28.9. The first-order chi connectivity index (χ1) is 14.6. The third-order valence-corrected chi connectivity index (χ3v) is 5.74. The topological polar surface area (TPSA) is 59.1 Å². The normalized spacial score (nSPS) is 15.0. The number of benzene rings is 2. The van der Waals surface area contributed by atoms with Gasteiger partial charge in [0, 0.05) is 30.4 Å². The molecule has 0 atom stereocenters. The zero-order valence-corrected chi connectivity index (χ0v) is 18.3. The Balaban J connectivity index is 1.71. The van der Waals surface area contributed by atoms with Crippen molar-refractivity contribution in [1.82, 2.24) is 4.90 Å². The van der Waals surface area contributed by atoms with Crippen LogP contribution in [0.2, 0.25) is 0 Å². The van der Waals surface area contributed by atoms with Crippen LogP contribution < -0.4 is 14.4 Å². The minimum Gasteiger partial charge on any atom is -0.496 e. The van der Waals surface area contributed by atoms with Crippen LogP contribution in [0.15, 0.2) is 53.4 Å². The van der Waals surface area contributed by atoms with Gasteiger partial charge >= 0.3 is 0 Å². The van der Waals surface area contributed by atoms with Gasteiger partial charge in [-0.25, -0.2) is 0 Å². The number of thioether (sulfide) groups is 1. The molecule has 1 saturated heterocycles. The van der Waals surface area contributed by atoms with Crippen molar-refractivity contribution in [1.29, 1.82) is 0 Å². The van der Waals surface area contributed by atoms with Crippen molar-refractivity contribution >= 4 is 34.7 Å². The molecule has 2 amide bonds. The summed E-state index contributed by atoms with van der Waals surface area (Å²) in [7, 11) is 1.60. The lowest BCUT2D eigenvalue weighted by molar-refractivity contribution is -0.123. The molecule has 0 bridgehead atoms. The molecule has 30 heavy (non-hydrogen) atoms. The zero-order chi connectivity index (χ0) is 21.5. The number of rotatable bonds is 9. The van der Waals surface area contributed by atoms with Crippen molar-refractivity contribution in [2.24, 2.45) is 0 Å². The van der Waals surface area contributed by atoms with E-state index in [1.165, 1.54) is 4.90 Å². The van der Waals surface area contributed by atoms with E-state index in [0.717, 1.165) is 36.1 Å². The van der Waals surface area contributed by atoms with Gasteiger partial charge in [0.1, 0.15) is 18.1 Å². The summed E-state index contributed by atoms with van der Waals surface area (Å²) in [6.45, 7) is 6.43. The van der Waals surface area contributed by atoms with Crippen molar-refractivity contribution in [3.05, 3.63) is 59.0 Å². The molecule has 0 spiro atoms. The van der Waals surface area contributed by atoms with Gasteiger partial charge in [-0.15, -0.1) is 0 Å². The number of methoxy groups -OCH3 is 1. The molecule has 1 aliphatic rings. The number of carbonyl (C=O) groups is 2. The molecule has 0 saturated carbocycles. The maximum atomic E-state index is 12.7. The molecule has 0 N–H and O–H groups in total. The lowest BCUT2D eigenvalue weighted by Gasteiger charge is -2.22. The van der Waals surface area contributed by atoms with Gasteiger partial charge in [0.15, 0.2) is 0 Å². The molecule has 6 nitrogen and oxygen atoms in total. The highest BCUT2D eigenvalue weighted by molar-refractivity contribution is 8.18. The molecule has 2 aromatic carbocycles. The first-order valence-electron chi connectivity index (χ1n) is 9.93. The van der Waals surface area contributed by atoms with Crippen molar-refractivity contribution in [2.75, 3.05) is 38.3 Å². The second-order valence-corrected chi connectivity index (χ2v) is 7.59. The van der Waals surface area contributed by atoms with Crippen LogP contribution in [0, 0.1) is 0 Å². The average Bonchev–Trinajstić information content (AvgIpc) is 3.03. The first kappa shape index (κ1) is 21.8. The Kier molecular flexibility index (Phi) is 7.41. The second-order valence-electron chi connectivity index (χ2n) is 6.59. The number of amides is 2. The van der Waals surface area contributed by atoms with Crippen LogP contribution in [-0.2, 0) is 4.79 Å². The van der Waals surface area contributed by atoms with E-state index >= 15 is 0 Å². The van der Waals surface area contributed by atoms with E-state index in [0.29, 0.717) is 16.4 Å². The molecule has 7 heteroatoms. The fourth-order valence-corrected chi connectivity index (χ4v) is 4.07. The summed E-state index contributed by atoms with van der Waals surface area (Å²) in [5, 5.41) is -0.290. The van der Waals surface area contributed by atoms with Crippen LogP contribution in [0.3, 0.4) is 0 Å². The molecule has 3 rings (SSSR count). The number of carbonyl (C=O) groups excluding carboxylic acids is 2. The lowest BCUT2D eigenvalue weighted by atomic mass is 10.1. The van der Waals surface area contributed by atoms with Gasteiger partial charge in [-0.2, -0.15) is 0 Å². The molecule has 1 fully saturated rings. The van der Waals surface area contributed by atoms with Gasteiger partial charge in [0.2, 0.25) is 0 Å². The average molecular weight is 427 g/mol. The fourth-order valence-electron chi connectivity index (χ4n) is 3.21. The van der Waals surface area contributed by atoms with E-state index in [-0.39, 0.29) is 24.3 Å². The maximum Gasteiger partial charge on any atom is 0.293 e. The third kappa shape index (κ3) is 4.97. The summed E-state index contributed by atoms with van der Waals surface area (Å²) in [6.07, 6.45) is 1.72. The van der Waals surface area contributed by atoms with Gasteiger partial charge in [-0.05, 0) is 56.0 Å². The molecule has 1 heterocycles. The van der Waals surface area contributed by atoms with Gasteiger partial charge in [-0.3, -0.25) is 14.5 Å². The van der Waals surface area contributed by atoms with Gasteiger partial charge < -0.3 is 14.4 Å². The molecular weight excluding hydrogens is 400 g/mol. The number of hydrogen-bond acceptors (Lipinski definition) is 6. The van der Waals surface area contributed by atoms with Crippen LogP contribution in [0.4, 0.5) is 10.5 Å². The molecule has 0 aliphatic carbocycles. The number of nitrogens with zero attached hydrogens (tertiary/aromatic N) is 2. The number of anilines is 1. The predicted octanol–water partition coefficient (Wildman–Crippen LogP) is 4.66. The Labute approximate surface area is 181 Å². The Bertz CT molecular complexity index is 926. The molecule has 0 aromatic heterocycles. The number of hydrogen-bond donors (Lipinski definition) is 0. The maximum absolute atomic E-state index is 12.7. The highest BCUT2D eigenvalue weighted by Gasteiger charge is 2.35. The van der Waals surface area contributed by atoms with E-state index in [1.807, 2.05) is 48.5 Å². The molecular formula is C23H26N2O4S. The van der Waals surface area contributed by atoms with Gasteiger partial charge in [0.25, 0.3) is 11.1 Å². The lowest BCUT2D eigenvalue weighted by Crippen LogP contribution is -2.32. The second kappa shape index (κ2) is 10.2. The van der Waals surface area contributed by atoms with Crippen molar-refractivity contribution in [3.63, 3.8) is 0 Å². The third-order valence-electron chi connectivity index (χ3n) is 4.83. The molecule has 1 aliphatic heterocycles.